The molecule has 0 unspecified atom stereocenters. The molecule has 100 valence electrons. The van der Waals surface area contributed by atoms with Gasteiger partial charge < -0.3 is 10.2 Å². The first kappa shape index (κ1) is 14.2. The van der Waals surface area contributed by atoms with Crippen LogP contribution in [0.1, 0.15) is 12.1 Å². The second-order valence-electron chi connectivity index (χ2n) is 3.73. The zero-order valence-corrected chi connectivity index (χ0v) is 9.95. The number of hydrogen-bond donors (Lipinski definition) is 1. The molecule has 8 heteroatoms. The van der Waals surface area contributed by atoms with E-state index < -0.39 is 11.9 Å². The summed E-state index contributed by atoms with van der Waals surface area (Å²) in [6.45, 7) is 0.179. The minimum Gasteiger partial charge on any atom is -0.354 e. The second-order valence-corrected chi connectivity index (χ2v) is 3.73. The van der Waals surface area contributed by atoms with Gasteiger partial charge >= 0.3 is 6.18 Å². The van der Waals surface area contributed by atoms with Crippen molar-refractivity contribution in [3.05, 3.63) is 18.0 Å². The molecule has 1 rings (SSSR count). The van der Waals surface area contributed by atoms with Crippen LogP contribution in [0.25, 0.3) is 0 Å². The van der Waals surface area contributed by atoms with E-state index in [9.17, 15) is 18.0 Å². The van der Waals surface area contributed by atoms with Gasteiger partial charge in [-0.15, -0.1) is 0 Å². The highest BCUT2D eigenvalue weighted by Crippen LogP contribution is 2.27. The van der Waals surface area contributed by atoms with E-state index in [1.165, 1.54) is 4.90 Å². The van der Waals surface area contributed by atoms with Crippen LogP contribution in [0.15, 0.2) is 12.3 Å². The molecule has 0 aliphatic carbocycles. The number of anilines is 1. The van der Waals surface area contributed by atoms with E-state index in [0.717, 1.165) is 12.3 Å². The molecular formula is C10H13F3N4O. The van der Waals surface area contributed by atoms with E-state index in [1.54, 1.807) is 14.1 Å². The highest BCUT2D eigenvalue weighted by molar-refractivity contribution is 5.75. The summed E-state index contributed by atoms with van der Waals surface area (Å²) in [6, 6.07) is 0.788. The van der Waals surface area contributed by atoms with Gasteiger partial charge in [-0.2, -0.15) is 13.2 Å². The van der Waals surface area contributed by atoms with E-state index in [0.29, 0.717) is 0 Å². The molecule has 0 bridgehead atoms. The van der Waals surface area contributed by atoms with E-state index >= 15 is 0 Å². The molecule has 1 heterocycles. The molecule has 1 aromatic rings. The summed E-state index contributed by atoms with van der Waals surface area (Å²) in [5.41, 5.74) is -1.01. The van der Waals surface area contributed by atoms with Gasteiger partial charge in [0.1, 0.15) is 5.69 Å². The number of alkyl halides is 3. The zero-order valence-electron chi connectivity index (χ0n) is 9.95. The molecule has 5 nitrogen and oxygen atoms in total. The van der Waals surface area contributed by atoms with Crippen molar-refractivity contribution in [2.45, 2.75) is 12.6 Å². The van der Waals surface area contributed by atoms with Crippen molar-refractivity contribution in [3.63, 3.8) is 0 Å². The first-order chi connectivity index (χ1) is 8.30. The fraction of sp³-hybridized carbons (Fsp3) is 0.500. The number of nitrogens with one attached hydrogen (secondary N) is 1. The number of hydrogen-bond acceptors (Lipinski definition) is 4. The number of rotatable bonds is 4. The fourth-order valence-corrected chi connectivity index (χ4v) is 1.11. The van der Waals surface area contributed by atoms with Crippen molar-refractivity contribution in [1.29, 1.82) is 0 Å². The van der Waals surface area contributed by atoms with Gasteiger partial charge in [0.2, 0.25) is 11.9 Å². The van der Waals surface area contributed by atoms with E-state index in [-0.39, 0.29) is 24.8 Å². The number of carbonyl (C=O) groups excluding carboxylic acids is 1. The maximum absolute atomic E-state index is 12.3. The standard InChI is InChI=1S/C10H13F3N4O/c1-17(2)8(18)4-6-15-9-14-5-3-7(16-9)10(11,12)13/h3,5H,4,6H2,1-2H3,(H,14,15,16). The minimum atomic E-state index is -4.50. The Balaban J connectivity index is 2.56. The average Bonchev–Trinajstić information content (AvgIpc) is 2.28. The Morgan fingerprint density at radius 2 is 2.11 bits per heavy atom. The molecule has 0 atom stereocenters. The SMILES string of the molecule is CN(C)C(=O)CCNc1nccc(C(F)(F)F)n1. The number of nitrogens with zero attached hydrogens (tertiary/aromatic N) is 3. The third-order valence-corrected chi connectivity index (χ3v) is 2.07. The lowest BCUT2D eigenvalue weighted by atomic mass is 10.4. The predicted octanol–water partition coefficient (Wildman–Crippen LogP) is 1.39. The highest BCUT2D eigenvalue weighted by Gasteiger charge is 2.32. The third-order valence-electron chi connectivity index (χ3n) is 2.07. The van der Waals surface area contributed by atoms with E-state index in [2.05, 4.69) is 15.3 Å². The van der Waals surface area contributed by atoms with Gasteiger partial charge in [-0.05, 0) is 6.07 Å². The Morgan fingerprint density at radius 3 is 2.67 bits per heavy atom. The van der Waals surface area contributed by atoms with Crippen molar-refractivity contribution in [2.75, 3.05) is 26.0 Å². The number of halogens is 3. The molecule has 0 saturated heterocycles. The Hall–Kier alpha value is -1.86. The summed E-state index contributed by atoms with van der Waals surface area (Å²) in [7, 11) is 3.20. The van der Waals surface area contributed by atoms with Crippen LogP contribution in [0.5, 0.6) is 0 Å². The summed E-state index contributed by atoms with van der Waals surface area (Å²) in [4.78, 5) is 19.6. The molecule has 0 radical (unpaired) electrons. The van der Waals surface area contributed by atoms with Gasteiger partial charge in [-0.3, -0.25) is 4.79 Å². The van der Waals surface area contributed by atoms with Gasteiger partial charge in [-0.25, -0.2) is 9.97 Å². The van der Waals surface area contributed by atoms with E-state index in [4.69, 9.17) is 0 Å². The van der Waals surface area contributed by atoms with Crippen LogP contribution in [0.4, 0.5) is 19.1 Å². The number of aromatic nitrogens is 2. The molecule has 0 fully saturated rings. The predicted molar refractivity (Wildman–Crippen MR) is 58.8 cm³/mol. The maximum atomic E-state index is 12.3. The maximum Gasteiger partial charge on any atom is 0.433 e. The summed E-state index contributed by atoms with van der Waals surface area (Å²) in [5.74, 6) is -0.272. The third kappa shape index (κ3) is 4.19. The average molecular weight is 262 g/mol. The van der Waals surface area contributed by atoms with E-state index in [1.807, 2.05) is 0 Å². The molecule has 1 N–H and O–H groups in total. The highest BCUT2D eigenvalue weighted by atomic mass is 19.4. The topological polar surface area (TPSA) is 58.1 Å². The Bertz CT molecular complexity index is 420. The molecule has 0 spiro atoms. The van der Waals surface area contributed by atoms with Gasteiger partial charge in [-0.1, -0.05) is 0 Å². The summed E-state index contributed by atoms with van der Waals surface area (Å²) < 4.78 is 37.0. The Morgan fingerprint density at radius 1 is 1.44 bits per heavy atom. The second kappa shape index (κ2) is 5.65. The monoisotopic (exact) mass is 262 g/mol. The molecule has 1 aromatic heterocycles. The van der Waals surface area contributed by atoms with Gasteiger partial charge in [0, 0.05) is 33.3 Å². The van der Waals surface area contributed by atoms with Crippen molar-refractivity contribution in [1.82, 2.24) is 14.9 Å². The van der Waals surface area contributed by atoms with Crippen molar-refractivity contribution in [2.24, 2.45) is 0 Å². The summed E-state index contributed by atoms with van der Waals surface area (Å²) in [6.07, 6.45) is -3.32. The van der Waals surface area contributed by atoms with Crippen LogP contribution in [0, 0.1) is 0 Å². The number of amides is 1. The lowest BCUT2D eigenvalue weighted by molar-refractivity contribution is -0.141. The summed E-state index contributed by atoms with van der Waals surface area (Å²) >= 11 is 0. The first-order valence-corrected chi connectivity index (χ1v) is 5.15. The lowest BCUT2D eigenvalue weighted by Crippen LogP contribution is -2.24. The Labute approximate surface area is 102 Å². The molecule has 0 aromatic carbocycles. The molecule has 0 aliphatic heterocycles. The van der Waals surface area contributed by atoms with Crippen LogP contribution in [-0.2, 0) is 11.0 Å². The molecule has 0 aliphatic rings. The lowest BCUT2D eigenvalue weighted by Gasteiger charge is -2.11. The Kier molecular flexibility index (Phi) is 4.46. The number of carbonyl (C=O) groups is 1. The van der Waals surface area contributed by atoms with Crippen LogP contribution in [0.3, 0.4) is 0 Å². The minimum absolute atomic E-state index is 0.130. The smallest absolute Gasteiger partial charge is 0.354 e. The fourth-order valence-electron chi connectivity index (χ4n) is 1.11. The largest absolute Gasteiger partial charge is 0.433 e. The van der Waals surface area contributed by atoms with Crippen molar-refractivity contribution >= 4 is 11.9 Å². The van der Waals surface area contributed by atoms with Crippen LogP contribution in [-0.4, -0.2) is 41.4 Å². The molecule has 0 saturated carbocycles. The van der Waals surface area contributed by atoms with Gasteiger partial charge in [0.25, 0.3) is 0 Å². The zero-order chi connectivity index (χ0) is 13.8. The van der Waals surface area contributed by atoms with Crippen LogP contribution in [0.2, 0.25) is 0 Å². The van der Waals surface area contributed by atoms with Gasteiger partial charge in [0.05, 0.1) is 0 Å². The quantitative estimate of drug-likeness (QED) is 0.890. The van der Waals surface area contributed by atoms with Crippen LogP contribution < -0.4 is 5.32 Å². The first-order valence-electron chi connectivity index (χ1n) is 5.15. The van der Waals surface area contributed by atoms with Crippen molar-refractivity contribution in [3.8, 4) is 0 Å². The molecular weight excluding hydrogens is 249 g/mol. The summed E-state index contributed by atoms with van der Waals surface area (Å²) in [5, 5.41) is 2.57. The van der Waals surface area contributed by atoms with Crippen molar-refractivity contribution < 1.29 is 18.0 Å². The molecule has 18 heavy (non-hydrogen) atoms. The normalized spacial score (nSPS) is 11.2. The van der Waals surface area contributed by atoms with Gasteiger partial charge in [0.15, 0.2) is 0 Å². The molecule has 1 amide bonds. The van der Waals surface area contributed by atoms with Crippen LogP contribution >= 0.6 is 0 Å².